The minimum atomic E-state index is -0.772. The van der Waals surface area contributed by atoms with Gasteiger partial charge in [-0.05, 0) is 60.9 Å². The van der Waals surface area contributed by atoms with Crippen LogP contribution in [0.2, 0.25) is 5.02 Å². The Morgan fingerprint density at radius 1 is 1.09 bits per heavy atom. The van der Waals surface area contributed by atoms with E-state index in [1.54, 1.807) is 0 Å². The number of nitrogens with one attached hydrogen (secondary N) is 2. The number of hydrogen-bond acceptors (Lipinski definition) is 3. The number of amides is 3. The number of likely N-dealkylation sites (tertiary alicyclic amines) is 1. The molecule has 0 saturated carbocycles. The van der Waals surface area contributed by atoms with Crippen molar-refractivity contribution in [2.45, 2.75) is 51.2 Å². The Bertz CT molecular complexity index is 1650. The molecule has 9 heteroatoms. The number of aromatic amines is 1. The summed E-state index contributed by atoms with van der Waals surface area (Å²) in [7, 11) is 2.05. The quantitative estimate of drug-likeness (QED) is 0.249. The van der Waals surface area contributed by atoms with Crippen molar-refractivity contribution in [2.75, 3.05) is 38.1 Å². The van der Waals surface area contributed by atoms with Crippen LogP contribution in [-0.2, 0) is 11.2 Å². The van der Waals surface area contributed by atoms with Gasteiger partial charge in [-0.3, -0.25) is 4.79 Å². The summed E-state index contributed by atoms with van der Waals surface area (Å²) in [5, 5.41) is 7.07. The number of piperidine rings is 1. The molecule has 8 nitrogen and oxygen atoms in total. The zero-order valence-corrected chi connectivity index (χ0v) is 27.0. The van der Waals surface area contributed by atoms with Gasteiger partial charge in [0.2, 0.25) is 5.91 Å². The fourth-order valence-electron chi connectivity index (χ4n) is 6.84. The molecule has 0 bridgehead atoms. The van der Waals surface area contributed by atoms with Crippen molar-refractivity contribution in [1.29, 1.82) is 0 Å². The molecular weight excluding hydrogens is 586 g/mol. The molecule has 45 heavy (non-hydrogen) atoms. The standard InChI is InChI=1S/C36H42ClN5O3/c1-23-8-11-28(12-9-23)45-29-14-16-41(17-15-29)36(44)40-34(24(2)31-21-39-32-7-5-4-6-30(31)32)35(43)42-22-25(20-38-3)18-26-19-27(37)10-13-33(26)42/h4-13,19,21,24-25,29,34,38-39H,14-18,20,22H2,1-3H3,(H,40,44)/p+1/t24-,25+,34+/m0/s1. The van der Waals surface area contributed by atoms with E-state index in [0.29, 0.717) is 24.7 Å². The van der Waals surface area contributed by atoms with Crippen molar-refractivity contribution in [3.8, 4) is 5.75 Å². The number of rotatable bonds is 8. The highest BCUT2D eigenvalue weighted by molar-refractivity contribution is 6.30. The van der Waals surface area contributed by atoms with Crippen LogP contribution in [0.5, 0.6) is 5.75 Å². The monoisotopic (exact) mass is 628 g/mol. The first kappa shape index (κ1) is 31.0. The summed E-state index contributed by atoms with van der Waals surface area (Å²) >= 11 is 6.40. The zero-order valence-electron chi connectivity index (χ0n) is 26.3. The van der Waals surface area contributed by atoms with Crippen molar-refractivity contribution < 1.29 is 19.6 Å². The van der Waals surface area contributed by atoms with Crippen molar-refractivity contribution >= 4 is 40.1 Å². The number of halogens is 1. The Balaban J connectivity index is 1.24. The Kier molecular flexibility index (Phi) is 9.33. The molecule has 3 amide bonds. The lowest BCUT2D eigenvalue weighted by molar-refractivity contribution is -0.632. The Labute approximate surface area is 270 Å². The number of urea groups is 1. The van der Waals surface area contributed by atoms with Gasteiger partial charge in [-0.15, -0.1) is 0 Å². The van der Waals surface area contributed by atoms with E-state index < -0.39 is 6.04 Å². The summed E-state index contributed by atoms with van der Waals surface area (Å²) in [5.74, 6) is 0.734. The molecule has 3 atom stereocenters. The van der Waals surface area contributed by atoms with E-state index in [0.717, 1.165) is 59.3 Å². The number of fused-ring (bicyclic) bond motifs is 2. The van der Waals surface area contributed by atoms with Gasteiger partial charge in [0, 0.05) is 72.1 Å². The minimum Gasteiger partial charge on any atom is -0.490 e. The molecule has 0 spiro atoms. The van der Waals surface area contributed by atoms with E-state index in [1.165, 1.54) is 5.56 Å². The average molecular weight is 629 g/mol. The lowest BCUT2D eigenvalue weighted by atomic mass is 9.88. The van der Waals surface area contributed by atoms with Crippen molar-refractivity contribution in [3.05, 3.63) is 94.6 Å². The third-order valence-electron chi connectivity index (χ3n) is 9.33. The van der Waals surface area contributed by atoms with Crippen LogP contribution in [-0.4, -0.2) is 67.2 Å². The van der Waals surface area contributed by atoms with E-state index in [9.17, 15) is 9.59 Å². The zero-order chi connectivity index (χ0) is 31.5. The molecule has 3 heterocycles. The molecular formula is C36H43ClN5O3+. The van der Waals surface area contributed by atoms with Crippen LogP contribution in [0.3, 0.4) is 0 Å². The maximum absolute atomic E-state index is 14.7. The van der Waals surface area contributed by atoms with Gasteiger partial charge in [-0.2, -0.15) is 0 Å². The van der Waals surface area contributed by atoms with E-state index in [-0.39, 0.29) is 29.9 Å². The minimum absolute atomic E-state index is 0.0447. The number of hydrogen-bond donors (Lipinski definition) is 3. The SMILES string of the molecule is C[NH2+]C[C@H]1Cc2cc(Cl)ccc2N(C(=O)[C@H](NC(=O)N2CCC(Oc3ccc(C)cc3)CC2)[C@@H](C)c2c[nH]c3ccccc23)C1. The summed E-state index contributed by atoms with van der Waals surface area (Å²) in [6, 6.07) is 20.9. The number of carbonyl (C=O) groups excluding carboxylic acids is 2. The smallest absolute Gasteiger partial charge is 0.318 e. The molecule has 3 aromatic carbocycles. The normalized spacial score (nSPS) is 18.4. The lowest BCUT2D eigenvalue weighted by Crippen LogP contribution is -2.82. The van der Waals surface area contributed by atoms with Crippen molar-refractivity contribution in [3.63, 3.8) is 0 Å². The van der Waals surface area contributed by atoms with E-state index in [4.69, 9.17) is 16.3 Å². The molecule has 4 N–H and O–H groups in total. The van der Waals surface area contributed by atoms with Gasteiger partial charge in [0.25, 0.3) is 0 Å². The molecule has 0 unspecified atom stereocenters. The second-order valence-corrected chi connectivity index (χ2v) is 13.0. The molecule has 2 aliphatic rings. The van der Waals surface area contributed by atoms with Gasteiger partial charge in [0.15, 0.2) is 0 Å². The maximum Gasteiger partial charge on any atom is 0.318 e. The predicted molar refractivity (Wildman–Crippen MR) is 179 cm³/mol. The first-order valence-corrected chi connectivity index (χ1v) is 16.4. The number of nitrogens with zero attached hydrogens (tertiary/aromatic N) is 2. The summed E-state index contributed by atoms with van der Waals surface area (Å²) in [4.78, 5) is 35.6. The number of anilines is 1. The Morgan fingerprint density at radius 3 is 2.60 bits per heavy atom. The molecule has 4 aromatic rings. The van der Waals surface area contributed by atoms with E-state index in [1.807, 2.05) is 83.6 Å². The number of para-hydroxylation sites is 1. The summed E-state index contributed by atoms with van der Waals surface area (Å²) in [5.41, 5.74) is 5.13. The molecule has 2 aliphatic heterocycles. The number of carbonyl (C=O) groups is 2. The molecule has 0 aliphatic carbocycles. The van der Waals surface area contributed by atoms with Gasteiger partial charge < -0.3 is 30.2 Å². The fourth-order valence-corrected chi connectivity index (χ4v) is 7.04. The van der Waals surface area contributed by atoms with Crippen LogP contribution in [0.4, 0.5) is 10.5 Å². The number of nitrogens with two attached hydrogens (primary N) is 1. The average Bonchev–Trinajstić information content (AvgIpc) is 3.48. The highest BCUT2D eigenvalue weighted by Crippen LogP contribution is 2.35. The van der Waals surface area contributed by atoms with E-state index in [2.05, 4.69) is 35.7 Å². The lowest BCUT2D eigenvalue weighted by Gasteiger charge is -2.38. The van der Waals surface area contributed by atoms with Gasteiger partial charge in [0.1, 0.15) is 17.9 Å². The topological polar surface area (TPSA) is 94.3 Å². The Hall–Kier alpha value is -4.01. The Morgan fingerprint density at radius 2 is 1.84 bits per heavy atom. The molecule has 0 radical (unpaired) electrons. The molecule has 6 rings (SSSR count). The fraction of sp³-hybridized carbons (Fsp3) is 0.389. The molecule has 1 fully saturated rings. The van der Waals surface area contributed by atoms with E-state index >= 15 is 0 Å². The van der Waals surface area contributed by atoms with Gasteiger partial charge in [-0.25, -0.2) is 4.79 Å². The van der Waals surface area contributed by atoms with Gasteiger partial charge >= 0.3 is 6.03 Å². The molecule has 1 saturated heterocycles. The maximum atomic E-state index is 14.7. The number of aryl methyl sites for hydroxylation is 1. The van der Waals surface area contributed by atoms with Gasteiger partial charge in [-0.1, -0.05) is 54.4 Å². The van der Waals surface area contributed by atoms with Crippen molar-refractivity contribution in [1.82, 2.24) is 15.2 Å². The van der Waals surface area contributed by atoms with Crippen LogP contribution in [0.15, 0.2) is 72.9 Å². The van der Waals surface area contributed by atoms with Crippen LogP contribution >= 0.6 is 11.6 Å². The number of H-pyrrole nitrogens is 1. The largest absolute Gasteiger partial charge is 0.490 e. The second-order valence-electron chi connectivity index (χ2n) is 12.6. The first-order valence-electron chi connectivity index (χ1n) is 16.0. The second kappa shape index (κ2) is 13.5. The number of aromatic nitrogens is 1. The highest BCUT2D eigenvalue weighted by atomic mass is 35.5. The molecule has 236 valence electrons. The van der Waals surface area contributed by atoms with Crippen LogP contribution < -0.4 is 20.3 Å². The van der Waals surface area contributed by atoms with Crippen LogP contribution in [0.1, 0.15) is 42.4 Å². The van der Waals surface area contributed by atoms with Crippen molar-refractivity contribution in [2.24, 2.45) is 5.92 Å². The van der Waals surface area contributed by atoms with Crippen LogP contribution in [0, 0.1) is 12.8 Å². The van der Waals surface area contributed by atoms with Crippen LogP contribution in [0.25, 0.3) is 10.9 Å². The van der Waals surface area contributed by atoms with Gasteiger partial charge in [0.05, 0.1) is 13.6 Å². The third kappa shape index (κ3) is 6.82. The predicted octanol–water partition coefficient (Wildman–Crippen LogP) is 5.25. The summed E-state index contributed by atoms with van der Waals surface area (Å²) in [6.07, 6.45) is 4.33. The summed E-state index contributed by atoms with van der Waals surface area (Å²) in [6.45, 7) is 6.69. The third-order valence-corrected chi connectivity index (χ3v) is 9.56. The molecule has 1 aromatic heterocycles. The summed E-state index contributed by atoms with van der Waals surface area (Å²) < 4.78 is 6.20. The first-order chi connectivity index (χ1) is 21.8. The number of quaternary nitrogens is 1. The highest BCUT2D eigenvalue weighted by Gasteiger charge is 2.38. The number of ether oxygens (including phenoxy) is 1. The number of benzene rings is 3.